The molecule has 94 valence electrons. The van der Waals surface area contributed by atoms with E-state index in [-0.39, 0.29) is 5.78 Å². The molecule has 0 unspecified atom stereocenters. The van der Waals surface area contributed by atoms with Crippen molar-refractivity contribution in [2.45, 2.75) is 6.92 Å². The van der Waals surface area contributed by atoms with Gasteiger partial charge in [0.15, 0.2) is 5.78 Å². The molecule has 0 saturated heterocycles. The van der Waals surface area contributed by atoms with Crippen molar-refractivity contribution in [2.75, 3.05) is 0 Å². The van der Waals surface area contributed by atoms with Gasteiger partial charge in [0.2, 0.25) is 0 Å². The molecule has 1 aromatic carbocycles. The average Bonchev–Trinajstić information content (AvgIpc) is 2.81. The highest BCUT2D eigenvalue weighted by Gasteiger charge is 2.15. The number of fused-ring (bicyclic) bond motifs is 1. The largest absolute Gasteiger partial charge is 0.314 e. The van der Waals surface area contributed by atoms with Gasteiger partial charge in [0, 0.05) is 11.8 Å². The van der Waals surface area contributed by atoms with Crippen LogP contribution in [0.1, 0.15) is 17.3 Å². The summed E-state index contributed by atoms with van der Waals surface area (Å²) < 4.78 is 1.97. The van der Waals surface area contributed by atoms with Gasteiger partial charge in [-0.05, 0) is 30.7 Å². The van der Waals surface area contributed by atoms with Gasteiger partial charge < -0.3 is 4.40 Å². The summed E-state index contributed by atoms with van der Waals surface area (Å²) in [5.74, 6) is 0.0211. The third-order valence-corrected chi connectivity index (χ3v) is 3.49. The van der Waals surface area contributed by atoms with Crippen molar-refractivity contribution in [3.63, 3.8) is 0 Å². The maximum Gasteiger partial charge on any atom is 0.162 e. The number of Topliss-reactive ketones (excluding diaryl/α,β-unsaturated/α-hetero) is 1. The van der Waals surface area contributed by atoms with E-state index in [0.717, 1.165) is 16.8 Å². The Balaban J connectivity index is 2.39. The first-order chi connectivity index (χ1) is 9.18. The normalized spacial score (nSPS) is 10.8. The summed E-state index contributed by atoms with van der Waals surface area (Å²) in [5, 5.41) is 0.592. The van der Waals surface area contributed by atoms with Crippen molar-refractivity contribution in [1.29, 1.82) is 0 Å². The smallest absolute Gasteiger partial charge is 0.162 e. The highest BCUT2D eigenvalue weighted by Crippen LogP contribution is 2.30. The highest BCUT2D eigenvalue weighted by molar-refractivity contribution is 6.35. The van der Waals surface area contributed by atoms with Crippen LogP contribution in [-0.2, 0) is 0 Å². The van der Waals surface area contributed by atoms with Crippen molar-refractivity contribution in [2.24, 2.45) is 0 Å². The lowest BCUT2D eigenvalue weighted by Crippen LogP contribution is -1.92. The van der Waals surface area contributed by atoms with Crippen LogP contribution in [0.15, 0.2) is 54.7 Å². The summed E-state index contributed by atoms with van der Waals surface area (Å²) >= 11 is 6.23. The van der Waals surface area contributed by atoms with Gasteiger partial charge in [0.05, 0.1) is 16.2 Å². The first-order valence-electron chi connectivity index (χ1n) is 6.04. The van der Waals surface area contributed by atoms with Gasteiger partial charge in [-0.1, -0.05) is 41.9 Å². The Morgan fingerprint density at radius 1 is 1.11 bits per heavy atom. The zero-order chi connectivity index (χ0) is 13.4. The van der Waals surface area contributed by atoms with E-state index in [0.29, 0.717) is 10.6 Å². The molecule has 19 heavy (non-hydrogen) atoms. The van der Waals surface area contributed by atoms with Crippen LogP contribution in [0, 0.1) is 0 Å². The Kier molecular flexibility index (Phi) is 2.88. The Morgan fingerprint density at radius 3 is 2.53 bits per heavy atom. The van der Waals surface area contributed by atoms with E-state index in [1.165, 1.54) is 0 Å². The number of hydrogen-bond donors (Lipinski definition) is 0. The molecule has 0 fully saturated rings. The second-order valence-electron chi connectivity index (χ2n) is 4.44. The number of rotatable bonds is 2. The number of ketones is 1. The van der Waals surface area contributed by atoms with E-state index in [1.807, 2.05) is 53.1 Å². The molecule has 0 bridgehead atoms. The fourth-order valence-electron chi connectivity index (χ4n) is 2.32. The Bertz CT molecular complexity index is 759. The molecule has 0 aliphatic carbocycles. The van der Waals surface area contributed by atoms with Crippen molar-refractivity contribution >= 4 is 22.9 Å². The summed E-state index contributed by atoms with van der Waals surface area (Å²) in [4.78, 5) is 11.8. The quantitative estimate of drug-likeness (QED) is 0.629. The van der Waals surface area contributed by atoms with Gasteiger partial charge in [-0.15, -0.1) is 0 Å². The molecule has 0 aliphatic rings. The minimum atomic E-state index is 0.0211. The van der Waals surface area contributed by atoms with Crippen LogP contribution in [-0.4, -0.2) is 10.2 Å². The van der Waals surface area contributed by atoms with Gasteiger partial charge in [0.25, 0.3) is 0 Å². The second kappa shape index (κ2) is 4.56. The number of pyridine rings is 1. The number of halogens is 1. The van der Waals surface area contributed by atoms with Crippen LogP contribution >= 0.6 is 11.6 Å². The van der Waals surface area contributed by atoms with E-state index in [4.69, 9.17) is 11.6 Å². The molecular weight excluding hydrogens is 258 g/mol. The molecule has 0 aliphatic heterocycles. The lowest BCUT2D eigenvalue weighted by atomic mass is 10.1. The lowest BCUT2D eigenvalue weighted by Gasteiger charge is -2.03. The van der Waals surface area contributed by atoms with Gasteiger partial charge >= 0.3 is 0 Å². The molecule has 2 nitrogen and oxygen atoms in total. The predicted molar refractivity (Wildman–Crippen MR) is 77.8 cm³/mol. The van der Waals surface area contributed by atoms with E-state index in [2.05, 4.69) is 0 Å². The minimum absolute atomic E-state index is 0.0211. The monoisotopic (exact) mass is 269 g/mol. The molecule has 3 aromatic rings. The summed E-state index contributed by atoms with van der Waals surface area (Å²) in [6.07, 6.45) is 1.93. The summed E-state index contributed by atoms with van der Waals surface area (Å²) in [7, 11) is 0. The fourth-order valence-corrected chi connectivity index (χ4v) is 2.58. The van der Waals surface area contributed by atoms with Crippen molar-refractivity contribution in [1.82, 2.24) is 4.40 Å². The van der Waals surface area contributed by atoms with E-state index in [1.54, 1.807) is 13.0 Å². The molecule has 0 amide bonds. The lowest BCUT2D eigenvalue weighted by molar-refractivity contribution is 0.101. The molecule has 0 radical (unpaired) electrons. The third kappa shape index (κ3) is 1.94. The second-order valence-corrected chi connectivity index (χ2v) is 4.85. The molecule has 3 heteroatoms. The first-order valence-corrected chi connectivity index (χ1v) is 6.42. The van der Waals surface area contributed by atoms with Crippen LogP contribution in [0.25, 0.3) is 16.8 Å². The maximum absolute atomic E-state index is 11.8. The number of carbonyl (C=O) groups is 1. The van der Waals surface area contributed by atoms with Crippen molar-refractivity contribution in [3.8, 4) is 11.3 Å². The zero-order valence-corrected chi connectivity index (χ0v) is 11.2. The molecule has 0 atom stereocenters. The topological polar surface area (TPSA) is 21.5 Å². The average molecular weight is 270 g/mol. The molecule has 3 rings (SSSR count). The van der Waals surface area contributed by atoms with Crippen molar-refractivity contribution < 1.29 is 4.79 Å². The predicted octanol–water partition coefficient (Wildman–Crippen LogP) is 4.46. The Morgan fingerprint density at radius 2 is 1.84 bits per heavy atom. The van der Waals surface area contributed by atoms with Gasteiger partial charge in [-0.2, -0.15) is 0 Å². The minimum Gasteiger partial charge on any atom is -0.314 e. The summed E-state index contributed by atoms with van der Waals surface area (Å²) in [6.45, 7) is 1.56. The standard InChI is InChI=1S/C16H12ClNO/c1-11(19)13-10-15(12-6-3-2-4-7-12)18-9-5-8-14(17)16(13)18/h2-10H,1H3. The van der Waals surface area contributed by atoms with Crippen LogP contribution in [0.4, 0.5) is 0 Å². The molecule has 2 heterocycles. The summed E-state index contributed by atoms with van der Waals surface area (Å²) in [6, 6.07) is 15.6. The Labute approximate surface area is 116 Å². The molecule has 0 saturated carbocycles. The van der Waals surface area contributed by atoms with Crippen LogP contribution in [0.3, 0.4) is 0 Å². The summed E-state index contributed by atoms with van der Waals surface area (Å²) in [5.41, 5.74) is 3.47. The van der Waals surface area contributed by atoms with Crippen LogP contribution in [0.2, 0.25) is 5.02 Å². The van der Waals surface area contributed by atoms with Gasteiger partial charge in [0.1, 0.15) is 0 Å². The van der Waals surface area contributed by atoms with Crippen molar-refractivity contribution in [3.05, 3.63) is 65.3 Å². The van der Waals surface area contributed by atoms with E-state index in [9.17, 15) is 4.79 Å². The first kappa shape index (κ1) is 12.0. The van der Waals surface area contributed by atoms with Crippen LogP contribution < -0.4 is 0 Å². The highest BCUT2D eigenvalue weighted by atomic mass is 35.5. The maximum atomic E-state index is 11.8. The number of nitrogens with zero attached hydrogens (tertiary/aromatic N) is 1. The zero-order valence-electron chi connectivity index (χ0n) is 10.4. The molecule has 0 N–H and O–H groups in total. The molecule has 2 aromatic heterocycles. The number of carbonyl (C=O) groups excluding carboxylic acids is 1. The van der Waals surface area contributed by atoms with Gasteiger partial charge in [-0.3, -0.25) is 4.79 Å². The van der Waals surface area contributed by atoms with Crippen LogP contribution in [0.5, 0.6) is 0 Å². The number of benzene rings is 1. The fraction of sp³-hybridized carbons (Fsp3) is 0.0625. The van der Waals surface area contributed by atoms with Gasteiger partial charge in [-0.25, -0.2) is 0 Å². The number of hydrogen-bond acceptors (Lipinski definition) is 1. The van der Waals surface area contributed by atoms with E-state index >= 15 is 0 Å². The van der Waals surface area contributed by atoms with E-state index < -0.39 is 0 Å². The molecular formula is C16H12ClNO. The number of aromatic nitrogens is 1. The third-order valence-electron chi connectivity index (χ3n) is 3.19. The SMILES string of the molecule is CC(=O)c1cc(-c2ccccc2)n2cccc(Cl)c12. The Hall–Kier alpha value is -2.06. The molecule has 0 spiro atoms.